The monoisotopic (exact) mass is 222 g/mol. The summed E-state index contributed by atoms with van der Waals surface area (Å²) >= 11 is 5.97. The quantitative estimate of drug-likeness (QED) is 0.722. The van der Waals surface area contributed by atoms with E-state index in [1.165, 1.54) is 4.68 Å². The Balaban J connectivity index is 2.60. The Morgan fingerprint density at radius 3 is 2.87 bits per heavy atom. The van der Waals surface area contributed by atoms with Crippen molar-refractivity contribution >= 4 is 17.9 Å². The number of halogens is 1. The third-order valence-corrected chi connectivity index (χ3v) is 2.30. The van der Waals surface area contributed by atoms with E-state index in [1.807, 2.05) is 0 Å². The van der Waals surface area contributed by atoms with Gasteiger partial charge in [0.1, 0.15) is 5.15 Å². The standard InChI is InChI=1S/C9H7ClN4O/c1-6-7(5-15)9(10)14(13-6)8-3-2-4-11-12-8/h2-5H,1H3. The van der Waals surface area contributed by atoms with Crippen molar-refractivity contribution < 1.29 is 4.79 Å². The Morgan fingerprint density at radius 2 is 2.33 bits per heavy atom. The Bertz CT molecular complexity index is 494. The highest BCUT2D eigenvalue weighted by Crippen LogP contribution is 2.20. The van der Waals surface area contributed by atoms with Crippen molar-refractivity contribution in [1.82, 2.24) is 20.0 Å². The molecule has 0 aliphatic carbocycles. The minimum atomic E-state index is 0.253. The topological polar surface area (TPSA) is 60.7 Å². The summed E-state index contributed by atoms with van der Waals surface area (Å²) in [5.74, 6) is 0.485. The molecule has 0 saturated carbocycles. The average molecular weight is 223 g/mol. The van der Waals surface area contributed by atoms with Crippen LogP contribution in [0.4, 0.5) is 0 Å². The van der Waals surface area contributed by atoms with Crippen LogP contribution in [0, 0.1) is 6.92 Å². The number of aromatic nitrogens is 4. The van der Waals surface area contributed by atoms with Crippen LogP contribution in [-0.4, -0.2) is 26.3 Å². The largest absolute Gasteiger partial charge is 0.298 e. The van der Waals surface area contributed by atoms with Gasteiger partial charge in [-0.1, -0.05) is 11.6 Å². The first-order valence-corrected chi connectivity index (χ1v) is 4.60. The zero-order valence-corrected chi connectivity index (χ0v) is 8.64. The van der Waals surface area contributed by atoms with Crippen molar-refractivity contribution in [1.29, 1.82) is 0 Å². The molecule has 2 aromatic heterocycles. The first-order valence-electron chi connectivity index (χ1n) is 4.22. The van der Waals surface area contributed by atoms with Crippen LogP contribution < -0.4 is 0 Å². The highest BCUT2D eigenvalue weighted by atomic mass is 35.5. The van der Waals surface area contributed by atoms with Gasteiger partial charge in [-0.05, 0) is 19.1 Å². The molecule has 0 aliphatic rings. The minimum Gasteiger partial charge on any atom is -0.298 e. The summed E-state index contributed by atoms with van der Waals surface area (Å²) in [7, 11) is 0. The summed E-state index contributed by atoms with van der Waals surface area (Å²) in [5, 5.41) is 11.9. The second kappa shape index (κ2) is 3.78. The molecule has 0 amide bonds. The third-order valence-electron chi connectivity index (χ3n) is 1.94. The molecule has 5 nitrogen and oxygen atoms in total. The molecule has 2 heterocycles. The first-order chi connectivity index (χ1) is 7.24. The number of carbonyl (C=O) groups is 1. The SMILES string of the molecule is Cc1nn(-c2cccnn2)c(Cl)c1C=O. The molecule has 0 bridgehead atoms. The number of aldehydes is 1. The molecule has 0 unspecified atom stereocenters. The minimum absolute atomic E-state index is 0.253. The summed E-state index contributed by atoms with van der Waals surface area (Å²) < 4.78 is 1.38. The Labute approximate surface area is 90.7 Å². The van der Waals surface area contributed by atoms with E-state index in [2.05, 4.69) is 15.3 Å². The second-order valence-electron chi connectivity index (χ2n) is 2.90. The van der Waals surface area contributed by atoms with E-state index < -0.39 is 0 Å². The first kappa shape index (κ1) is 9.79. The maximum atomic E-state index is 10.7. The van der Waals surface area contributed by atoms with Crippen molar-refractivity contribution in [3.05, 3.63) is 34.7 Å². The van der Waals surface area contributed by atoms with Gasteiger partial charge in [-0.3, -0.25) is 4.79 Å². The predicted molar refractivity (Wildman–Crippen MR) is 54.3 cm³/mol. The zero-order valence-electron chi connectivity index (χ0n) is 7.88. The van der Waals surface area contributed by atoms with Gasteiger partial charge in [0.15, 0.2) is 12.1 Å². The van der Waals surface area contributed by atoms with Crippen LogP contribution in [-0.2, 0) is 0 Å². The lowest BCUT2D eigenvalue weighted by Gasteiger charge is -1.98. The van der Waals surface area contributed by atoms with Crippen molar-refractivity contribution in [3.63, 3.8) is 0 Å². The van der Waals surface area contributed by atoms with Gasteiger partial charge in [0, 0.05) is 6.20 Å². The van der Waals surface area contributed by atoms with Crippen molar-refractivity contribution in [2.24, 2.45) is 0 Å². The van der Waals surface area contributed by atoms with E-state index in [1.54, 1.807) is 25.3 Å². The fourth-order valence-corrected chi connectivity index (χ4v) is 1.51. The number of aryl methyl sites for hydroxylation is 1. The smallest absolute Gasteiger partial charge is 0.177 e. The van der Waals surface area contributed by atoms with Gasteiger partial charge in [0.25, 0.3) is 0 Å². The predicted octanol–water partition coefficient (Wildman–Crippen LogP) is 1.44. The summed E-state index contributed by atoms with van der Waals surface area (Å²) in [6.07, 6.45) is 2.23. The van der Waals surface area contributed by atoms with Gasteiger partial charge in [0.2, 0.25) is 0 Å². The lowest BCUT2D eigenvalue weighted by molar-refractivity contribution is 0.112. The molecule has 15 heavy (non-hydrogen) atoms. The Hall–Kier alpha value is -1.75. The zero-order chi connectivity index (χ0) is 10.8. The molecule has 0 aliphatic heterocycles. The maximum absolute atomic E-state index is 10.7. The van der Waals surface area contributed by atoms with E-state index in [-0.39, 0.29) is 5.15 Å². The highest BCUT2D eigenvalue weighted by Gasteiger charge is 2.14. The molecular formula is C9H7ClN4O. The summed E-state index contributed by atoms with van der Waals surface area (Å²) in [6.45, 7) is 1.71. The molecule has 2 rings (SSSR count). The molecule has 0 fully saturated rings. The van der Waals surface area contributed by atoms with Gasteiger partial charge >= 0.3 is 0 Å². The fraction of sp³-hybridized carbons (Fsp3) is 0.111. The number of hydrogen-bond donors (Lipinski definition) is 0. The summed E-state index contributed by atoms with van der Waals surface area (Å²) in [5.41, 5.74) is 0.947. The van der Waals surface area contributed by atoms with E-state index in [4.69, 9.17) is 11.6 Å². The van der Waals surface area contributed by atoms with Crippen LogP contribution in [0.25, 0.3) is 5.82 Å². The molecule has 0 saturated heterocycles. The molecule has 0 spiro atoms. The molecule has 0 atom stereocenters. The normalized spacial score (nSPS) is 10.3. The number of nitrogens with zero attached hydrogens (tertiary/aromatic N) is 4. The van der Waals surface area contributed by atoms with Gasteiger partial charge in [0.05, 0.1) is 11.3 Å². The molecular weight excluding hydrogens is 216 g/mol. The van der Waals surface area contributed by atoms with Crippen LogP contribution >= 0.6 is 11.6 Å². The highest BCUT2D eigenvalue weighted by molar-refractivity contribution is 6.32. The molecule has 2 aromatic rings. The van der Waals surface area contributed by atoms with Gasteiger partial charge in [-0.15, -0.1) is 5.10 Å². The maximum Gasteiger partial charge on any atom is 0.177 e. The third kappa shape index (κ3) is 1.61. The van der Waals surface area contributed by atoms with Gasteiger partial charge in [-0.25, -0.2) is 4.68 Å². The van der Waals surface area contributed by atoms with E-state index in [0.717, 1.165) is 0 Å². The van der Waals surface area contributed by atoms with Crippen molar-refractivity contribution in [2.45, 2.75) is 6.92 Å². The Morgan fingerprint density at radius 1 is 1.53 bits per heavy atom. The van der Waals surface area contributed by atoms with E-state index in [0.29, 0.717) is 23.4 Å². The second-order valence-corrected chi connectivity index (χ2v) is 3.26. The van der Waals surface area contributed by atoms with Crippen molar-refractivity contribution in [2.75, 3.05) is 0 Å². The van der Waals surface area contributed by atoms with Crippen LogP contribution in [0.15, 0.2) is 18.3 Å². The van der Waals surface area contributed by atoms with Crippen LogP contribution in [0.1, 0.15) is 16.1 Å². The van der Waals surface area contributed by atoms with Gasteiger partial charge in [-0.2, -0.15) is 10.2 Å². The average Bonchev–Trinajstić information content (AvgIpc) is 2.55. The molecule has 6 heteroatoms. The molecule has 0 N–H and O–H groups in total. The summed E-state index contributed by atoms with van der Waals surface area (Å²) in [4.78, 5) is 10.7. The Kier molecular flexibility index (Phi) is 2.47. The molecule has 0 radical (unpaired) electrons. The van der Waals surface area contributed by atoms with Crippen LogP contribution in [0.3, 0.4) is 0 Å². The molecule has 76 valence electrons. The van der Waals surface area contributed by atoms with Crippen molar-refractivity contribution in [3.8, 4) is 5.82 Å². The fourth-order valence-electron chi connectivity index (χ4n) is 1.20. The number of carbonyl (C=O) groups excluding carboxylic acids is 1. The number of rotatable bonds is 2. The number of hydrogen-bond acceptors (Lipinski definition) is 4. The van der Waals surface area contributed by atoms with Crippen LogP contribution in [0.5, 0.6) is 0 Å². The van der Waals surface area contributed by atoms with Gasteiger partial charge < -0.3 is 0 Å². The molecule has 0 aromatic carbocycles. The lowest BCUT2D eigenvalue weighted by atomic mass is 10.3. The summed E-state index contributed by atoms with van der Waals surface area (Å²) in [6, 6.07) is 3.43. The van der Waals surface area contributed by atoms with Crippen LogP contribution in [0.2, 0.25) is 5.15 Å². The lowest BCUT2D eigenvalue weighted by Crippen LogP contribution is -2.00. The van der Waals surface area contributed by atoms with E-state index >= 15 is 0 Å². The van der Waals surface area contributed by atoms with E-state index in [9.17, 15) is 4.79 Å².